The lowest BCUT2D eigenvalue weighted by Gasteiger charge is -2.29. The Morgan fingerprint density at radius 3 is 2.61 bits per heavy atom. The zero-order valence-electron chi connectivity index (χ0n) is 15.6. The van der Waals surface area contributed by atoms with Gasteiger partial charge in [-0.2, -0.15) is 5.26 Å². The molecule has 3 rings (SSSR count). The Kier molecular flexibility index (Phi) is 5.90. The lowest BCUT2D eigenvalue weighted by Crippen LogP contribution is -2.41. The molecule has 7 nitrogen and oxygen atoms in total. The summed E-state index contributed by atoms with van der Waals surface area (Å²) in [4.78, 5) is 22.7. The normalized spacial score (nSPS) is 19.6. The number of nitro groups is 1. The molecule has 1 amide bonds. The molecule has 1 aliphatic rings. The molecule has 0 aliphatic heterocycles. The van der Waals surface area contributed by atoms with Crippen molar-refractivity contribution >= 4 is 17.7 Å². The molecule has 0 spiro atoms. The molecule has 1 fully saturated rings. The average Bonchev–Trinajstić information content (AvgIpc) is 3.16. The second-order valence-corrected chi connectivity index (χ2v) is 7.02. The van der Waals surface area contributed by atoms with Crippen LogP contribution in [0.1, 0.15) is 38.4 Å². The molecular weight excluding hydrogens is 358 g/mol. The summed E-state index contributed by atoms with van der Waals surface area (Å²) in [6, 6.07) is 11.4. The molecule has 1 aliphatic carbocycles. The highest BCUT2D eigenvalue weighted by atomic mass is 16.6. The maximum absolute atomic E-state index is 12.5. The highest BCUT2D eigenvalue weighted by Crippen LogP contribution is 2.26. The van der Waals surface area contributed by atoms with Crippen molar-refractivity contribution in [3.63, 3.8) is 0 Å². The summed E-state index contributed by atoms with van der Waals surface area (Å²) in [6.07, 6.45) is 5.67. The van der Waals surface area contributed by atoms with Crippen LogP contribution in [-0.4, -0.2) is 16.9 Å². The zero-order chi connectivity index (χ0) is 20.1. The third kappa shape index (κ3) is 4.46. The fourth-order valence-electron chi connectivity index (χ4n) is 3.40. The molecule has 0 bridgehead atoms. The maximum Gasteiger partial charge on any atom is 0.269 e. The number of benzene rings is 1. The monoisotopic (exact) mass is 379 g/mol. The summed E-state index contributed by atoms with van der Waals surface area (Å²) in [5, 5.41) is 23.1. The first-order valence-corrected chi connectivity index (χ1v) is 9.25. The van der Waals surface area contributed by atoms with Crippen LogP contribution in [0, 0.1) is 27.4 Å². The molecule has 144 valence electrons. The molecule has 2 atom stereocenters. The number of furan rings is 1. The number of hydrogen-bond donors (Lipinski definition) is 1. The smallest absolute Gasteiger partial charge is 0.269 e. The topological polar surface area (TPSA) is 109 Å². The Bertz CT molecular complexity index is 937. The predicted molar refractivity (Wildman–Crippen MR) is 104 cm³/mol. The molecule has 0 unspecified atom stereocenters. The maximum atomic E-state index is 12.5. The van der Waals surface area contributed by atoms with Crippen LogP contribution in [0.25, 0.3) is 17.4 Å². The van der Waals surface area contributed by atoms with E-state index in [0.29, 0.717) is 23.0 Å². The van der Waals surface area contributed by atoms with E-state index in [9.17, 15) is 20.2 Å². The lowest BCUT2D eigenvalue weighted by molar-refractivity contribution is -0.384. The number of carbonyl (C=O) groups excluding carboxylic acids is 1. The molecule has 1 saturated carbocycles. The number of non-ortho nitro benzene ring substituents is 1. The van der Waals surface area contributed by atoms with E-state index in [0.717, 1.165) is 19.3 Å². The van der Waals surface area contributed by atoms with E-state index >= 15 is 0 Å². The van der Waals surface area contributed by atoms with E-state index in [2.05, 4.69) is 12.2 Å². The summed E-state index contributed by atoms with van der Waals surface area (Å²) < 4.78 is 5.69. The Labute approximate surface area is 162 Å². The minimum Gasteiger partial charge on any atom is -0.457 e. The van der Waals surface area contributed by atoms with E-state index in [-0.39, 0.29) is 17.3 Å². The van der Waals surface area contributed by atoms with Gasteiger partial charge in [0.2, 0.25) is 0 Å². The predicted octanol–water partition coefficient (Wildman–Crippen LogP) is 4.46. The Morgan fingerprint density at radius 2 is 1.96 bits per heavy atom. The van der Waals surface area contributed by atoms with E-state index < -0.39 is 10.8 Å². The average molecular weight is 379 g/mol. The van der Waals surface area contributed by atoms with Gasteiger partial charge in [0.15, 0.2) is 0 Å². The van der Waals surface area contributed by atoms with Crippen LogP contribution >= 0.6 is 0 Å². The van der Waals surface area contributed by atoms with Crippen molar-refractivity contribution in [1.82, 2.24) is 5.32 Å². The summed E-state index contributed by atoms with van der Waals surface area (Å²) in [7, 11) is 0. The molecule has 1 N–H and O–H groups in total. The van der Waals surface area contributed by atoms with Crippen LogP contribution < -0.4 is 5.32 Å². The molecule has 0 saturated heterocycles. The highest BCUT2D eigenvalue weighted by molar-refractivity contribution is 6.01. The quantitative estimate of drug-likeness (QED) is 0.357. The number of nitro benzene ring substituents is 1. The first kappa shape index (κ1) is 19.4. The van der Waals surface area contributed by atoms with Crippen LogP contribution in [-0.2, 0) is 4.79 Å². The second kappa shape index (κ2) is 8.53. The van der Waals surface area contributed by atoms with Crippen molar-refractivity contribution in [3.8, 4) is 17.4 Å². The van der Waals surface area contributed by atoms with Gasteiger partial charge in [0, 0.05) is 29.8 Å². The van der Waals surface area contributed by atoms with Gasteiger partial charge in [-0.15, -0.1) is 0 Å². The van der Waals surface area contributed by atoms with E-state index in [1.165, 1.54) is 24.6 Å². The minimum atomic E-state index is -0.467. The van der Waals surface area contributed by atoms with Crippen LogP contribution in [0.5, 0.6) is 0 Å². The number of hydrogen-bond acceptors (Lipinski definition) is 5. The molecular formula is C21H21N3O4. The Hall–Kier alpha value is -3.40. The van der Waals surface area contributed by atoms with Crippen molar-refractivity contribution in [3.05, 3.63) is 57.8 Å². The number of nitrogens with zero attached hydrogens (tertiary/aromatic N) is 2. The van der Waals surface area contributed by atoms with Gasteiger partial charge in [0.25, 0.3) is 11.6 Å². The Morgan fingerprint density at radius 1 is 1.25 bits per heavy atom. The van der Waals surface area contributed by atoms with Gasteiger partial charge in [0.1, 0.15) is 23.2 Å². The summed E-state index contributed by atoms with van der Waals surface area (Å²) in [6.45, 7) is 2.11. The third-order valence-corrected chi connectivity index (χ3v) is 5.07. The fourth-order valence-corrected chi connectivity index (χ4v) is 3.40. The SMILES string of the molecule is C[C@@H]1CCCC[C@H]1NC(=O)/C(C#N)=C/c1ccc(-c2ccc([N+](=O)[O-])cc2)o1. The van der Waals surface area contributed by atoms with Crippen molar-refractivity contribution in [2.24, 2.45) is 5.92 Å². The van der Waals surface area contributed by atoms with Crippen molar-refractivity contribution in [2.45, 2.75) is 38.6 Å². The van der Waals surface area contributed by atoms with Gasteiger partial charge in [-0.3, -0.25) is 14.9 Å². The fraction of sp³-hybridized carbons (Fsp3) is 0.333. The summed E-state index contributed by atoms with van der Waals surface area (Å²) >= 11 is 0. The number of amides is 1. The molecule has 1 aromatic heterocycles. The molecule has 1 heterocycles. The van der Waals surface area contributed by atoms with E-state index in [1.54, 1.807) is 24.3 Å². The van der Waals surface area contributed by atoms with Crippen LogP contribution in [0.3, 0.4) is 0 Å². The summed E-state index contributed by atoms with van der Waals surface area (Å²) in [5.41, 5.74) is 0.655. The summed E-state index contributed by atoms with van der Waals surface area (Å²) in [5.74, 6) is 0.876. The zero-order valence-corrected chi connectivity index (χ0v) is 15.6. The van der Waals surface area contributed by atoms with Gasteiger partial charge >= 0.3 is 0 Å². The number of nitriles is 1. The highest BCUT2D eigenvalue weighted by Gasteiger charge is 2.24. The third-order valence-electron chi connectivity index (χ3n) is 5.07. The molecule has 0 radical (unpaired) electrons. The number of carbonyl (C=O) groups is 1. The Balaban J connectivity index is 1.73. The largest absolute Gasteiger partial charge is 0.457 e. The van der Waals surface area contributed by atoms with Gasteiger partial charge in [0.05, 0.1) is 4.92 Å². The molecule has 7 heteroatoms. The van der Waals surface area contributed by atoms with Crippen LogP contribution in [0.15, 0.2) is 46.4 Å². The molecule has 28 heavy (non-hydrogen) atoms. The number of rotatable bonds is 5. The minimum absolute atomic E-state index is 0.00388. The van der Waals surface area contributed by atoms with Gasteiger partial charge in [-0.25, -0.2) is 0 Å². The number of nitrogens with one attached hydrogen (secondary N) is 1. The first-order chi connectivity index (χ1) is 13.5. The van der Waals surface area contributed by atoms with Gasteiger partial charge in [-0.1, -0.05) is 19.8 Å². The van der Waals surface area contributed by atoms with Gasteiger partial charge < -0.3 is 9.73 Å². The lowest BCUT2D eigenvalue weighted by atomic mass is 9.86. The second-order valence-electron chi connectivity index (χ2n) is 7.02. The van der Waals surface area contributed by atoms with Crippen molar-refractivity contribution in [2.75, 3.05) is 0 Å². The van der Waals surface area contributed by atoms with Gasteiger partial charge in [-0.05, 0) is 43.0 Å². The van der Waals surface area contributed by atoms with Crippen LogP contribution in [0.2, 0.25) is 0 Å². The first-order valence-electron chi connectivity index (χ1n) is 9.25. The molecule has 2 aromatic rings. The van der Waals surface area contributed by atoms with Crippen molar-refractivity contribution in [1.29, 1.82) is 5.26 Å². The van der Waals surface area contributed by atoms with E-state index in [1.807, 2.05) is 6.07 Å². The standard InChI is InChI=1S/C21H21N3O4/c1-14-4-2-3-5-19(14)23-21(25)16(13-22)12-18-10-11-20(28-18)15-6-8-17(9-7-15)24(26)27/h6-12,14,19H,2-5H2,1H3,(H,23,25)/b16-12+/t14-,19-/m1/s1. The van der Waals surface area contributed by atoms with E-state index in [4.69, 9.17) is 4.42 Å². The molecule has 1 aromatic carbocycles. The van der Waals surface area contributed by atoms with Crippen molar-refractivity contribution < 1.29 is 14.1 Å². The van der Waals surface area contributed by atoms with Crippen LogP contribution in [0.4, 0.5) is 5.69 Å².